The largest absolute Gasteiger partial charge is 0.390 e. The van der Waals surface area contributed by atoms with Crippen molar-refractivity contribution in [2.24, 2.45) is 0 Å². The van der Waals surface area contributed by atoms with E-state index in [-0.39, 0.29) is 6.10 Å². The van der Waals surface area contributed by atoms with E-state index in [1.54, 1.807) is 5.51 Å². The van der Waals surface area contributed by atoms with Crippen LogP contribution in [-0.4, -0.2) is 33.8 Å². The first-order chi connectivity index (χ1) is 10.3. The lowest BCUT2D eigenvalue weighted by Gasteiger charge is -2.26. The van der Waals surface area contributed by atoms with Gasteiger partial charge in [0.25, 0.3) is 0 Å². The highest BCUT2D eigenvalue weighted by molar-refractivity contribution is 8.01. The lowest BCUT2D eigenvalue weighted by atomic mass is 9.89. The first-order valence-corrected chi connectivity index (χ1v) is 8.96. The standard InChI is InChI=1S/C15H18N2O2S2/c18-12(9-20-15-17-16-10-21-15)8-19-14-7-3-5-11-4-1-2-6-13(11)14/h1-2,4,6,10,12,14,18H,3,5,7-9H2. The average Bonchev–Trinajstić information content (AvgIpc) is 3.04. The van der Waals surface area contributed by atoms with Crippen molar-refractivity contribution in [1.82, 2.24) is 10.2 Å². The SMILES string of the molecule is OC(COC1CCCc2ccccc21)CSc1nncs1. The summed E-state index contributed by atoms with van der Waals surface area (Å²) in [5, 5.41) is 17.8. The van der Waals surface area contributed by atoms with E-state index in [0.717, 1.165) is 23.6 Å². The molecule has 112 valence electrons. The average molecular weight is 322 g/mol. The van der Waals surface area contributed by atoms with Gasteiger partial charge in [-0.2, -0.15) is 0 Å². The zero-order valence-corrected chi connectivity index (χ0v) is 13.3. The highest BCUT2D eigenvalue weighted by Crippen LogP contribution is 2.32. The van der Waals surface area contributed by atoms with Gasteiger partial charge in [0.15, 0.2) is 4.34 Å². The van der Waals surface area contributed by atoms with Crippen molar-refractivity contribution in [1.29, 1.82) is 0 Å². The number of aryl methyl sites for hydroxylation is 1. The molecule has 0 bridgehead atoms. The third-order valence-corrected chi connectivity index (χ3v) is 5.55. The Morgan fingerprint density at radius 1 is 1.43 bits per heavy atom. The third-order valence-electron chi connectivity index (χ3n) is 3.54. The number of hydrogen-bond donors (Lipinski definition) is 1. The van der Waals surface area contributed by atoms with Crippen molar-refractivity contribution >= 4 is 23.1 Å². The van der Waals surface area contributed by atoms with E-state index in [1.807, 2.05) is 0 Å². The molecule has 1 heterocycles. The molecule has 2 unspecified atom stereocenters. The van der Waals surface area contributed by atoms with E-state index in [0.29, 0.717) is 12.4 Å². The molecule has 21 heavy (non-hydrogen) atoms. The molecule has 2 atom stereocenters. The van der Waals surface area contributed by atoms with Crippen LogP contribution in [0.2, 0.25) is 0 Å². The smallest absolute Gasteiger partial charge is 0.174 e. The molecule has 1 aliphatic carbocycles. The van der Waals surface area contributed by atoms with Gasteiger partial charge in [0.05, 0.1) is 18.8 Å². The number of benzene rings is 1. The quantitative estimate of drug-likeness (QED) is 0.828. The summed E-state index contributed by atoms with van der Waals surface area (Å²) in [5.74, 6) is 0.587. The van der Waals surface area contributed by atoms with Gasteiger partial charge in [0.2, 0.25) is 0 Å². The first kappa shape index (κ1) is 15.0. The molecule has 0 spiro atoms. The number of hydrogen-bond acceptors (Lipinski definition) is 6. The van der Waals surface area contributed by atoms with Gasteiger partial charge in [-0.25, -0.2) is 0 Å². The lowest BCUT2D eigenvalue weighted by molar-refractivity contribution is -0.00959. The van der Waals surface area contributed by atoms with Crippen LogP contribution in [0.3, 0.4) is 0 Å². The lowest BCUT2D eigenvalue weighted by Crippen LogP contribution is -2.22. The summed E-state index contributed by atoms with van der Waals surface area (Å²) < 4.78 is 6.83. The number of nitrogens with zero attached hydrogens (tertiary/aromatic N) is 2. The number of aliphatic hydroxyl groups excluding tert-OH is 1. The van der Waals surface area contributed by atoms with Crippen LogP contribution in [0.4, 0.5) is 0 Å². The van der Waals surface area contributed by atoms with Crippen LogP contribution in [0.15, 0.2) is 34.1 Å². The van der Waals surface area contributed by atoms with Crippen molar-refractivity contribution < 1.29 is 9.84 Å². The normalized spacial score (nSPS) is 19.2. The minimum absolute atomic E-state index is 0.121. The van der Waals surface area contributed by atoms with Gasteiger partial charge >= 0.3 is 0 Å². The van der Waals surface area contributed by atoms with Crippen molar-refractivity contribution in [3.63, 3.8) is 0 Å². The Morgan fingerprint density at radius 2 is 2.33 bits per heavy atom. The van der Waals surface area contributed by atoms with Crippen LogP contribution in [0, 0.1) is 0 Å². The van der Waals surface area contributed by atoms with Gasteiger partial charge in [-0.15, -0.1) is 10.2 Å². The minimum atomic E-state index is -0.479. The molecule has 1 aromatic heterocycles. The fourth-order valence-electron chi connectivity index (χ4n) is 2.55. The van der Waals surface area contributed by atoms with Gasteiger partial charge in [0, 0.05) is 5.75 Å². The molecule has 3 rings (SSSR count). The maximum absolute atomic E-state index is 10.0. The molecular formula is C15H18N2O2S2. The third kappa shape index (κ3) is 4.03. The molecule has 1 N–H and O–H groups in total. The van der Waals surface area contributed by atoms with Gasteiger partial charge in [0.1, 0.15) is 5.51 Å². The van der Waals surface area contributed by atoms with Gasteiger partial charge in [-0.05, 0) is 30.4 Å². The van der Waals surface area contributed by atoms with E-state index in [4.69, 9.17) is 4.74 Å². The van der Waals surface area contributed by atoms with E-state index in [9.17, 15) is 5.11 Å². The summed E-state index contributed by atoms with van der Waals surface area (Å²) in [6, 6.07) is 8.45. The van der Waals surface area contributed by atoms with Gasteiger partial charge in [-0.3, -0.25) is 0 Å². The van der Waals surface area contributed by atoms with Gasteiger partial charge < -0.3 is 9.84 Å². The molecule has 0 saturated carbocycles. The maximum Gasteiger partial charge on any atom is 0.174 e. The Kier molecular flexibility index (Phi) is 5.24. The van der Waals surface area contributed by atoms with Crippen LogP contribution in [0.1, 0.15) is 30.1 Å². The number of aliphatic hydroxyl groups is 1. The molecule has 0 saturated heterocycles. The molecule has 0 fully saturated rings. The number of ether oxygens (including phenoxy) is 1. The molecule has 1 aliphatic rings. The van der Waals surface area contributed by atoms with Crippen molar-refractivity contribution in [3.8, 4) is 0 Å². The number of thioether (sulfide) groups is 1. The monoisotopic (exact) mass is 322 g/mol. The van der Waals surface area contributed by atoms with Crippen molar-refractivity contribution in [2.75, 3.05) is 12.4 Å². The molecule has 0 amide bonds. The first-order valence-electron chi connectivity index (χ1n) is 7.09. The number of rotatable bonds is 6. The van der Waals surface area contributed by atoms with Crippen LogP contribution in [0.5, 0.6) is 0 Å². The van der Waals surface area contributed by atoms with E-state index >= 15 is 0 Å². The second kappa shape index (κ2) is 7.35. The zero-order valence-electron chi connectivity index (χ0n) is 11.6. The molecule has 0 aliphatic heterocycles. The Hall–Kier alpha value is -0.950. The van der Waals surface area contributed by atoms with Crippen LogP contribution < -0.4 is 0 Å². The molecule has 2 aromatic rings. The molecular weight excluding hydrogens is 304 g/mol. The molecule has 6 heteroatoms. The fraction of sp³-hybridized carbons (Fsp3) is 0.467. The Bertz CT molecular complexity index is 563. The molecule has 1 aromatic carbocycles. The van der Waals surface area contributed by atoms with E-state index in [2.05, 4.69) is 34.5 Å². The van der Waals surface area contributed by atoms with E-state index < -0.39 is 6.10 Å². The second-order valence-corrected chi connectivity index (χ2v) is 7.18. The predicted octanol–water partition coefficient (Wildman–Crippen LogP) is 3.09. The highest BCUT2D eigenvalue weighted by atomic mass is 32.2. The topological polar surface area (TPSA) is 55.2 Å². The predicted molar refractivity (Wildman–Crippen MR) is 84.7 cm³/mol. The summed E-state index contributed by atoms with van der Waals surface area (Å²) in [7, 11) is 0. The number of fused-ring (bicyclic) bond motifs is 1. The summed E-state index contributed by atoms with van der Waals surface area (Å²) in [5.41, 5.74) is 4.36. The number of aromatic nitrogens is 2. The van der Waals surface area contributed by atoms with Crippen LogP contribution >= 0.6 is 23.1 Å². The fourth-order valence-corrected chi connectivity index (χ4v) is 3.97. The minimum Gasteiger partial charge on any atom is -0.390 e. The van der Waals surface area contributed by atoms with Gasteiger partial charge in [-0.1, -0.05) is 47.4 Å². The molecule has 0 radical (unpaired) electrons. The Labute approximate surface area is 132 Å². The van der Waals surface area contributed by atoms with Crippen LogP contribution in [-0.2, 0) is 11.2 Å². The summed E-state index contributed by atoms with van der Waals surface area (Å²) in [4.78, 5) is 0. The summed E-state index contributed by atoms with van der Waals surface area (Å²) >= 11 is 3.01. The van der Waals surface area contributed by atoms with Crippen molar-refractivity contribution in [3.05, 3.63) is 40.9 Å². The Morgan fingerprint density at radius 3 is 3.19 bits per heavy atom. The van der Waals surface area contributed by atoms with Crippen molar-refractivity contribution in [2.45, 2.75) is 35.8 Å². The molecule has 4 nitrogen and oxygen atoms in total. The maximum atomic E-state index is 10.0. The second-order valence-electron chi connectivity index (χ2n) is 5.08. The van der Waals surface area contributed by atoms with E-state index in [1.165, 1.54) is 34.2 Å². The summed E-state index contributed by atoms with van der Waals surface area (Å²) in [6.07, 6.45) is 2.96. The van der Waals surface area contributed by atoms with Crippen LogP contribution in [0.25, 0.3) is 0 Å². The highest BCUT2D eigenvalue weighted by Gasteiger charge is 2.21. The zero-order chi connectivity index (χ0) is 14.5. The summed E-state index contributed by atoms with van der Waals surface area (Å²) in [6.45, 7) is 0.366. The Balaban J connectivity index is 1.49.